The van der Waals surface area contributed by atoms with Crippen LogP contribution in [0.1, 0.15) is 21.8 Å². The third-order valence-electron chi connectivity index (χ3n) is 5.63. The van der Waals surface area contributed by atoms with Gasteiger partial charge in [-0.2, -0.15) is 5.10 Å². The molecule has 4 rings (SSSR count). The summed E-state index contributed by atoms with van der Waals surface area (Å²) in [6.45, 7) is 11.3. The fraction of sp³-hybridized carbons (Fsp3) is 0.391. The number of aryl methyl sites for hydroxylation is 2. The normalized spacial score (nSPS) is 15.4. The number of benzene rings is 1. The maximum atomic E-state index is 12.7. The Labute approximate surface area is 182 Å². The van der Waals surface area contributed by atoms with Crippen molar-refractivity contribution in [3.05, 3.63) is 63.6 Å². The van der Waals surface area contributed by atoms with Crippen molar-refractivity contribution in [3.8, 4) is 5.69 Å². The topological polar surface area (TPSA) is 53.4 Å². The molecule has 1 fully saturated rings. The van der Waals surface area contributed by atoms with Gasteiger partial charge in [0.15, 0.2) is 0 Å². The number of anilines is 1. The fourth-order valence-electron chi connectivity index (χ4n) is 3.87. The van der Waals surface area contributed by atoms with Crippen LogP contribution >= 0.6 is 11.3 Å². The Morgan fingerprint density at radius 2 is 1.73 bits per heavy atom. The van der Waals surface area contributed by atoms with Crippen molar-refractivity contribution in [3.63, 3.8) is 0 Å². The van der Waals surface area contributed by atoms with E-state index in [4.69, 9.17) is 0 Å². The van der Waals surface area contributed by atoms with Crippen molar-refractivity contribution < 1.29 is 4.79 Å². The molecule has 1 N–H and O–H groups in total. The van der Waals surface area contributed by atoms with E-state index in [1.165, 1.54) is 10.4 Å². The molecule has 0 saturated carbocycles. The Hall–Kier alpha value is -2.48. The van der Waals surface area contributed by atoms with E-state index in [2.05, 4.69) is 68.9 Å². The predicted octanol–water partition coefficient (Wildman–Crippen LogP) is 3.62. The lowest BCUT2D eigenvalue weighted by atomic mass is 10.2. The maximum absolute atomic E-state index is 12.7. The standard InChI is InChI=1S/C23H29N5OS/c1-17-6-8-20(9-7-17)28-19(3)23(18(2)25-28)24-22(29)16-27-12-10-26(11-13-27)15-21-5-4-14-30-21/h4-9,14H,10-13,15-16H2,1-3H3,(H,24,29). The van der Waals surface area contributed by atoms with Crippen molar-refractivity contribution in [2.75, 3.05) is 38.0 Å². The predicted molar refractivity (Wildman–Crippen MR) is 122 cm³/mol. The highest BCUT2D eigenvalue weighted by Gasteiger charge is 2.21. The smallest absolute Gasteiger partial charge is 0.238 e. The zero-order valence-corrected chi connectivity index (χ0v) is 18.7. The second-order valence-corrected chi connectivity index (χ2v) is 9.01. The van der Waals surface area contributed by atoms with Crippen LogP contribution in [-0.4, -0.2) is 58.2 Å². The fourth-order valence-corrected chi connectivity index (χ4v) is 4.62. The van der Waals surface area contributed by atoms with Gasteiger partial charge in [0.05, 0.1) is 29.3 Å². The third kappa shape index (κ3) is 4.80. The van der Waals surface area contributed by atoms with E-state index in [0.29, 0.717) is 6.54 Å². The number of carbonyl (C=O) groups is 1. The summed E-state index contributed by atoms with van der Waals surface area (Å²) in [5, 5.41) is 9.86. The van der Waals surface area contributed by atoms with E-state index in [-0.39, 0.29) is 5.91 Å². The van der Waals surface area contributed by atoms with Crippen LogP contribution in [-0.2, 0) is 11.3 Å². The Morgan fingerprint density at radius 3 is 2.40 bits per heavy atom. The van der Waals surface area contributed by atoms with Crippen LogP contribution in [0.3, 0.4) is 0 Å². The second kappa shape index (κ2) is 9.12. The minimum atomic E-state index is 0.0244. The number of nitrogens with one attached hydrogen (secondary N) is 1. The summed E-state index contributed by atoms with van der Waals surface area (Å²) in [5.41, 5.74) is 4.82. The Kier molecular flexibility index (Phi) is 6.32. The summed E-state index contributed by atoms with van der Waals surface area (Å²) in [4.78, 5) is 18.8. The summed E-state index contributed by atoms with van der Waals surface area (Å²) in [6.07, 6.45) is 0. The van der Waals surface area contributed by atoms with Crippen LogP contribution in [0.25, 0.3) is 5.69 Å². The van der Waals surface area contributed by atoms with Crippen LogP contribution in [0, 0.1) is 20.8 Å². The van der Waals surface area contributed by atoms with Gasteiger partial charge < -0.3 is 5.32 Å². The number of rotatable bonds is 6. The quantitative estimate of drug-likeness (QED) is 0.658. The Morgan fingerprint density at radius 1 is 1.03 bits per heavy atom. The lowest BCUT2D eigenvalue weighted by Crippen LogP contribution is -2.48. The molecule has 158 valence electrons. The second-order valence-electron chi connectivity index (χ2n) is 7.97. The summed E-state index contributed by atoms with van der Waals surface area (Å²) in [7, 11) is 0. The van der Waals surface area contributed by atoms with Gasteiger partial charge in [0.2, 0.25) is 5.91 Å². The van der Waals surface area contributed by atoms with Gasteiger partial charge in [-0.1, -0.05) is 23.8 Å². The van der Waals surface area contributed by atoms with Crippen molar-refractivity contribution >= 4 is 22.9 Å². The highest BCUT2D eigenvalue weighted by atomic mass is 32.1. The number of thiophene rings is 1. The van der Waals surface area contributed by atoms with Gasteiger partial charge in [0.25, 0.3) is 0 Å². The van der Waals surface area contributed by atoms with Gasteiger partial charge in [-0.25, -0.2) is 4.68 Å². The number of nitrogens with zero attached hydrogens (tertiary/aromatic N) is 4. The summed E-state index contributed by atoms with van der Waals surface area (Å²) < 4.78 is 1.90. The monoisotopic (exact) mass is 423 g/mol. The molecule has 0 atom stereocenters. The van der Waals surface area contributed by atoms with Gasteiger partial charge in [-0.05, 0) is 44.4 Å². The van der Waals surface area contributed by atoms with Crippen LogP contribution in [0.4, 0.5) is 5.69 Å². The number of aromatic nitrogens is 2. The molecular formula is C23H29N5OS. The number of amides is 1. The highest BCUT2D eigenvalue weighted by molar-refractivity contribution is 7.09. The van der Waals surface area contributed by atoms with E-state index in [9.17, 15) is 4.79 Å². The van der Waals surface area contributed by atoms with Crippen molar-refractivity contribution in [1.29, 1.82) is 0 Å². The van der Waals surface area contributed by atoms with Crippen LogP contribution in [0.5, 0.6) is 0 Å². The average Bonchev–Trinajstić information content (AvgIpc) is 3.34. The van der Waals surface area contributed by atoms with Crippen molar-refractivity contribution in [2.45, 2.75) is 27.3 Å². The first-order valence-corrected chi connectivity index (χ1v) is 11.3. The molecule has 0 aliphatic carbocycles. The summed E-state index contributed by atoms with van der Waals surface area (Å²) in [5.74, 6) is 0.0244. The third-order valence-corrected chi connectivity index (χ3v) is 6.49. The minimum Gasteiger partial charge on any atom is -0.322 e. The van der Waals surface area contributed by atoms with E-state index in [1.54, 1.807) is 11.3 Å². The molecule has 1 aliphatic rings. The average molecular weight is 424 g/mol. The SMILES string of the molecule is Cc1ccc(-n2nc(C)c(NC(=O)CN3CCN(Cc4cccs4)CC3)c2C)cc1. The largest absolute Gasteiger partial charge is 0.322 e. The molecule has 0 unspecified atom stereocenters. The molecule has 2 aromatic heterocycles. The molecule has 6 nitrogen and oxygen atoms in total. The first-order valence-electron chi connectivity index (χ1n) is 10.4. The van der Waals surface area contributed by atoms with Crippen LogP contribution in [0.2, 0.25) is 0 Å². The van der Waals surface area contributed by atoms with Gasteiger partial charge in [-0.3, -0.25) is 14.6 Å². The summed E-state index contributed by atoms with van der Waals surface area (Å²) in [6, 6.07) is 12.5. The maximum Gasteiger partial charge on any atom is 0.238 e. The van der Waals surface area contributed by atoms with Crippen molar-refractivity contribution in [1.82, 2.24) is 19.6 Å². The van der Waals surface area contributed by atoms with Gasteiger partial charge in [0.1, 0.15) is 0 Å². The number of hydrogen-bond donors (Lipinski definition) is 1. The highest BCUT2D eigenvalue weighted by Crippen LogP contribution is 2.23. The number of carbonyl (C=O) groups excluding carboxylic acids is 1. The molecule has 1 aromatic carbocycles. The molecule has 30 heavy (non-hydrogen) atoms. The molecule has 1 aliphatic heterocycles. The lowest BCUT2D eigenvalue weighted by molar-refractivity contribution is -0.117. The molecule has 1 amide bonds. The number of hydrogen-bond acceptors (Lipinski definition) is 5. The molecule has 1 saturated heterocycles. The Balaban J connectivity index is 1.33. The molecule has 3 heterocycles. The van der Waals surface area contributed by atoms with E-state index < -0.39 is 0 Å². The van der Waals surface area contributed by atoms with Crippen LogP contribution in [0.15, 0.2) is 41.8 Å². The van der Waals surface area contributed by atoms with Gasteiger partial charge in [0, 0.05) is 37.6 Å². The van der Waals surface area contributed by atoms with Crippen molar-refractivity contribution in [2.24, 2.45) is 0 Å². The van der Waals surface area contributed by atoms with E-state index in [0.717, 1.165) is 55.5 Å². The Bertz CT molecular complexity index is 986. The molecular weight excluding hydrogens is 394 g/mol. The molecule has 0 bridgehead atoms. The van der Waals surface area contributed by atoms with Gasteiger partial charge >= 0.3 is 0 Å². The zero-order valence-electron chi connectivity index (χ0n) is 17.9. The van der Waals surface area contributed by atoms with E-state index in [1.807, 2.05) is 18.5 Å². The first kappa shape index (κ1) is 20.8. The summed E-state index contributed by atoms with van der Waals surface area (Å²) >= 11 is 1.81. The first-order chi connectivity index (χ1) is 14.5. The lowest BCUT2D eigenvalue weighted by Gasteiger charge is -2.34. The zero-order chi connectivity index (χ0) is 21.1. The minimum absolute atomic E-state index is 0.0244. The van der Waals surface area contributed by atoms with E-state index >= 15 is 0 Å². The molecule has 0 radical (unpaired) electrons. The molecule has 3 aromatic rings. The van der Waals surface area contributed by atoms with Gasteiger partial charge in [-0.15, -0.1) is 11.3 Å². The molecule has 7 heteroatoms. The molecule has 0 spiro atoms. The van der Waals surface area contributed by atoms with Crippen LogP contribution < -0.4 is 5.32 Å². The number of piperazine rings is 1.